The van der Waals surface area contributed by atoms with Crippen LogP contribution in [0.1, 0.15) is 5.56 Å². The summed E-state index contributed by atoms with van der Waals surface area (Å²) < 4.78 is 0. The van der Waals surface area contributed by atoms with Gasteiger partial charge in [-0.25, -0.2) is 4.79 Å². The van der Waals surface area contributed by atoms with E-state index in [1.54, 1.807) is 24.3 Å². The van der Waals surface area contributed by atoms with Gasteiger partial charge in [0, 0.05) is 23.4 Å². The first-order valence-electron chi connectivity index (χ1n) is 6.40. The van der Waals surface area contributed by atoms with Gasteiger partial charge >= 0.3 is 6.03 Å². The summed E-state index contributed by atoms with van der Waals surface area (Å²) >= 11 is 11.9. The molecule has 0 aromatic heterocycles. The maximum atomic E-state index is 11.8. The Morgan fingerprint density at radius 1 is 1.13 bits per heavy atom. The number of non-ortho nitro benzene ring substituents is 1. The van der Waals surface area contributed by atoms with Crippen LogP contribution in [-0.4, -0.2) is 11.0 Å². The molecule has 0 aliphatic heterocycles. The molecule has 2 amide bonds. The lowest BCUT2D eigenvalue weighted by atomic mass is 10.2. The molecule has 0 saturated carbocycles. The molecule has 0 unspecified atom stereocenters. The monoisotopic (exact) mass is 351 g/mol. The first-order valence-corrected chi connectivity index (χ1v) is 7.15. The predicted molar refractivity (Wildman–Crippen MR) is 90.7 cm³/mol. The Balaban J connectivity index is 2.01. The van der Waals surface area contributed by atoms with E-state index >= 15 is 0 Å². The number of benzene rings is 2. The Bertz CT molecular complexity index is 778. The zero-order valence-corrected chi connectivity index (χ0v) is 13.1. The summed E-state index contributed by atoms with van der Waals surface area (Å²) in [6.07, 6.45) is 3.03. The van der Waals surface area contributed by atoms with Crippen molar-refractivity contribution >= 4 is 46.7 Å². The largest absolute Gasteiger partial charge is 0.323 e. The normalized spacial score (nSPS) is 10.5. The third-order valence-electron chi connectivity index (χ3n) is 2.79. The van der Waals surface area contributed by atoms with E-state index in [1.807, 2.05) is 6.07 Å². The summed E-state index contributed by atoms with van der Waals surface area (Å²) in [6, 6.07) is 10.3. The molecule has 0 spiro atoms. The minimum absolute atomic E-state index is 0.143. The Labute approximate surface area is 141 Å². The molecule has 2 aromatic carbocycles. The van der Waals surface area contributed by atoms with Crippen LogP contribution < -0.4 is 10.6 Å². The van der Waals surface area contributed by atoms with E-state index in [0.29, 0.717) is 5.02 Å². The average Bonchev–Trinajstić information content (AvgIpc) is 2.51. The van der Waals surface area contributed by atoms with Gasteiger partial charge in [-0.05, 0) is 23.8 Å². The summed E-state index contributed by atoms with van der Waals surface area (Å²) in [5, 5.41) is 16.4. The second kappa shape index (κ2) is 7.62. The number of hydrogen-bond donors (Lipinski definition) is 2. The Morgan fingerprint density at radius 2 is 1.87 bits per heavy atom. The van der Waals surface area contributed by atoms with Gasteiger partial charge in [0.1, 0.15) is 0 Å². The van der Waals surface area contributed by atoms with Gasteiger partial charge in [-0.15, -0.1) is 0 Å². The number of carbonyl (C=O) groups excluding carboxylic acids is 1. The highest BCUT2D eigenvalue weighted by molar-refractivity contribution is 6.33. The van der Waals surface area contributed by atoms with Crippen LogP contribution in [0.25, 0.3) is 6.08 Å². The molecule has 0 radical (unpaired) electrons. The van der Waals surface area contributed by atoms with Crippen LogP contribution in [0, 0.1) is 10.1 Å². The second-order valence-corrected chi connectivity index (χ2v) is 5.19. The van der Waals surface area contributed by atoms with Crippen molar-refractivity contribution in [1.82, 2.24) is 5.32 Å². The fourth-order valence-electron chi connectivity index (χ4n) is 1.70. The summed E-state index contributed by atoms with van der Waals surface area (Å²) in [4.78, 5) is 21.9. The molecule has 0 saturated heterocycles. The number of nitrogens with one attached hydrogen (secondary N) is 2. The molecule has 2 rings (SSSR count). The molecular weight excluding hydrogens is 341 g/mol. The summed E-state index contributed by atoms with van der Waals surface area (Å²) in [5.74, 6) is 0. The number of carbonyl (C=O) groups is 1. The van der Waals surface area contributed by atoms with Crippen molar-refractivity contribution in [2.75, 3.05) is 5.32 Å². The molecule has 0 atom stereocenters. The molecule has 0 aliphatic carbocycles. The lowest BCUT2D eigenvalue weighted by Crippen LogP contribution is -2.23. The SMILES string of the molecule is O=C(N/C=C/c1ccccc1Cl)Nc1cc([N+](=O)[O-])ccc1Cl. The summed E-state index contributed by atoms with van der Waals surface area (Å²) in [7, 11) is 0. The van der Waals surface area contributed by atoms with E-state index in [-0.39, 0.29) is 16.4 Å². The highest BCUT2D eigenvalue weighted by Crippen LogP contribution is 2.26. The minimum Gasteiger partial charge on any atom is -0.314 e. The maximum Gasteiger partial charge on any atom is 0.323 e. The topological polar surface area (TPSA) is 84.3 Å². The molecular formula is C15H11Cl2N3O3. The number of amides is 2. The second-order valence-electron chi connectivity index (χ2n) is 4.37. The Hall–Kier alpha value is -2.57. The van der Waals surface area contributed by atoms with Crippen molar-refractivity contribution in [1.29, 1.82) is 0 Å². The number of rotatable bonds is 4. The van der Waals surface area contributed by atoms with Crippen LogP contribution in [0.4, 0.5) is 16.2 Å². The van der Waals surface area contributed by atoms with Gasteiger partial charge in [-0.1, -0.05) is 41.4 Å². The predicted octanol–water partition coefficient (Wildman–Crippen LogP) is 4.69. The Kier molecular flexibility index (Phi) is 5.56. The first-order chi connectivity index (χ1) is 11.0. The number of anilines is 1. The van der Waals surface area contributed by atoms with Gasteiger partial charge in [-0.2, -0.15) is 0 Å². The molecule has 0 heterocycles. The fourth-order valence-corrected chi connectivity index (χ4v) is 2.06. The Morgan fingerprint density at radius 3 is 2.57 bits per heavy atom. The van der Waals surface area contributed by atoms with Gasteiger partial charge in [0.25, 0.3) is 5.69 Å². The van der Waals surface area contributed by atoms with Crippen LogP contribution >= 0.6 is 23.2 Å². The molecule has 23 heavy (non-hydrogen) atoms. The molecule has 6 nitrogen and oxygen atoms in total. The van der Waals surface area contributed by atoms with Crippen molar-refractivity contribution in [2.45, 2.75) is 0 Å². The zero-order valence-electron chi connectivity index (χ0n) is 11.6. The van der Waals surface area contributed by atoms with Crippen molar-refractivity contribution in [2.24, 2.45) is 0 Å². The van der Waals surface area contributed by atoms with Gasteiger partial charge in [0.05, 0.1) is 15.6 Å². The number of urea groups is 1. The van der Waals surface area contributed by atoms with E-state index in [2.05, 4.69) is 10.6 Å². The van der Waals surface area contributed by atoms with Crippen LogP contribution in [0.5, 0.6) is 0 Å². The number of halogens is 2. The highest BCUT2D eigenvalue weighted by atomic mass is 35.5. The van der Waals surface area contributed by atoms with E-state index in [0.717, 1.165) is 5.56 Å². The van der Waals surface area contributed by atoms with E-state index in [1.165, 1.54) is 24.4 Å². The maximum absolute atomic E-state index is 11.8. The number of nitro benzene ring substituents is 1. The van der Waals surface area contributed by atoms with Crippen LogP contribution in [-0.2, 0) is 0 Å². The third-order valence-corrected chi connectivity index (χ3v) is 3.47. The summed E-state index contributed by atoms with van der Waals surface area (Å²) in [5.41, 5.74) is 0.712. The standard InChI is InChI=1S/C15H11Cl2N3O3/c16-12-4-2-1-3-10(12)7-8-18-15(21)19-14-9-11(20(22)23)5-6-13(14)17/h1-9H,(H2,18,19,21)/b8-7+. The van der Waals surface area contributed by atoms with E-state index < -0.39 is 11.0 Å². The summed E-state index contributed by atoms with van der Waals surface area (Å²) in [6.45, 7) is 0. The van der Waals surface area contributed by atoms with Crippen LogP contribution in [0.15, 0.2) is 48.7 Å². The van der Waals surface area contributed by atoms with Gasteiger partial charge in [0.15, 0.2) is 0 Å². The lowest BCUT2D eigenvalue weighted by Gasteiger charge is -2.06. The quantitative estimate of drug-likeness (QED) is 0.618. The molecule has 118 valence electrons. The van der Waals surface area contributed by atoms with Crippen molar-refractivity contribution in [3.05, 3.63) is 74.4 Å². The van der Waals surface area contributed by atoms with Gasteiger partial charge in [-0.3, -0.25) is 10.1 Å². The molecule has 0 bridgehead atoms. The van der Waals surface area contributed by atoms with Gasteiger partial charge < -0.3 is 10.6 Å². The van der Waals surface area contributed by atoms with Crippen LogP contribution in [0.3, 0.4) is 0 Å². The number of nitrogens with zero attached hydrogens (tertiary/aromatic N) is 1. The number of hydrogen-bond acceptors (Lipinski definition) is 3. The lowest BCUT2D eigenvalue weighted by molar-refractivity contribution is -0.384. The van der Waals surface area contributed by atoms with Crippen molar-refractivity contribution in [3.8, 4) is 0 Å². The van der Waals surface area contributed by atoms with Crippen LogP contribution in [0.2, 0.25) is 10.0 Å². The molecule has 0 fully saturated rings. The smallest absolute Gasteiger partial charge is 0.314 e. The third kappa shape index (κ3) is 4.70. The average molecular weight is 352 g/mol. The number of nitro groups is 1. The van der Waals surface area contributed by atoms with Crippen molar-refractivity contribution < 1.29 is 9.72 Å². The van der Waals surface area contributed by atoms with Gasteiger partial charge in [0.2, 0.25) is 0 Å². The van der Waals surface area contributed by atoms with E-state index in [9.17, 15) is 14.9 Å². The minimum atomic E-state index is -0.587. The fraction of sp³-hybridized carbons (Fsp3) is 0. The molecule has 2 N–H and O–H groups in total. The zero-order chi connectivity index (χ0) is 16.8. The molecule has 0 aliphatic rings. The molecule has 2 aromatic rings. The first kappa shape index (κ1) is 16.8. The van der Waals surface area contributed by atoms with E-state index in [4.69, 9.17) is 23.2 Å². The van der Waals surface area contributed by atoms with Crippen molar-refractivity contribution in [3.63, 3.8) is 0 Å². The highest BCUT2D eigenvalue weighted by Gasteiger charge is 2.11. The molecule has 8 heteroatoms.